The number of aliphatic hydroxyl groups excluding tert-OH is 4. The second-order valence-electron chi connectivity index (χ2n) is 4.05. The van der Waals surface area contributed by atoms with Crippen molar-refractivity contribution >= 4 is 0 Å². The summed E-state index contributed by atoms with van der Waals surface area (Å²) in [6.45, 7) is -0.589. The number of aromatic amines is 1. The lowest BCUT2D eigenvalue weighted by Crippen LogP contribution is -2.63. The molecule has 5 unspecified atom stereocenters. The summed E-state index contributed by atoms with van der Waals surface area (Å²) in [5.41, 5.74) is 0.134. The molecule has 17 heavy (non-hydrogen) atoms. The van der Waals surface area contributed by atoms with Crippen LogP contribution in [0.15, 0.2) is 18.3 Å². The zero-order valence-electron chi connectivity index (χ0n) is 8.89. The first-order valence-corrected chi connectivity index (χ1v) is 5.20. The van der Waals surface area contributed by atoms with E-state index in [1.54, 1.807) is 6.07 Å². The molecule has 1 aliphatic heterocycles. The van der Waals surface area contributed by atoms with Gasteiger partial charge in [0, 0.05) is 6.20 Å². The van der Waals surface area contributed by atoms with Gasteiger partial charge in [-0.1, -0.05) is 0 Å². The molecule has 0 aliphatic carbocycles. The van der Waals surface area contributed by atoms with Gasteiger partial charge < -0.3 is 35.3 Å². The van der Waals surface area contributed by atoms with E-state index in [2.05, 4.69) is 4.98 Å². The smallest absolute Gasteiger partial charge is 0.237 e. The van der Waals surface area contributed by atoms with Gasteiger partial charge >= 0.3 is 0 Å². The molecular formula is C10H15NO6. The van der Waals surface area contributed by atoms with Crippen LogP contribution in [-0.2, 0) is 10.5 Å². The fourth-order valence-electron chi connectivity index (χ4n) is 1.93. The van der Waals surface area contributed by atoms with Crippen LogP contribution in [0.4, 0.5) is 0 Å². The largest absolute Gasteiger partial charge is 0.394 e. The average Bonchev–Trinajstić information content (AvgIpc) is 2.85. The Bertz CT molecular complexity index is 367. The van der Waals surface area contributed by atoms with Crippen LogP contribution in [0.2, 0.25) is 0 Å². The molecular weight excluding hydrogens is 230 g/mol. The fraction of sp³-hybridized carbons (Fsp3) is 0.600. The first-order chi connectivity index (χ1) is 8.00. The van der Waals surface area contributed by atoms with E-state index in [1.165, 1.54) is 12.3 Å². The van der Waals surface area contributed by atoms with Gasteiger partial charge in [0.15, 0.2) is 0 Å². The number of hydrogen-bond acceptors (Lipinski definition) is 6. The average molecular weight is 245 g/mol. The number of hydrogen-bond donors (Lipinski definition) is 6. The second-order valence-corrected chi connectivity index (χ2v) is 4.05. The summed E-state index contributed by atoms with van der Waals surface area (Å²) >= 11 is 0. The Balaban J connectivity index is 2.34. The monoisotopic (exact) mass is 245 g/mol. The quantitative estimate of drug-likeness (QED) is 0.346. The normalized spacial score (nSPS) is 42.6. The predicted molar refractivity (Wildman–Crippen MR) is 54.7 cm³/mol. The summed E-state index contributed by atoms with van der Waals surface area (Å²) in [5, 5.41) is 48.1. The van der Waals surface area contributed by atoms with E-state index in [1.807, 2.05) is 0 Å². The Kier molecular flexibility index (Phi) is 3.21. The molecule has 6 N–H and O–H groups in total. The molecule has 0 aromatic carbocycles. The van der Waals surface area contributed by atoms with Crippen molar-refractivity contribution in [2.24, 2.45) is 0 Å². The Morgan fingerprint density at radius 2 is 2.00 bits per heavy atom. The molecule has 1 aliphatic rings. The van der Waals surface area contributed by atoms with Crippen LogP contribution in [-0.4, -0.2) is 61.5 Å². The lowest BCUT2D eigenvalue weighted by molar-refractivity contribution is -0.359. The number of aromatic nitrogens is 1. The highest BCUT2D eigenvalue weighted by Gasteiger charge is 2.54. The number of ether oxygens (including phenoxy) is 1. The van der Waals surface area contributed by atoms with Crippen LogP contribution in [0.3, 0.4) is 0 Å². The molecule has 0 radical (unpaired) electrons. The number of aliphatic hydroxyl groups is 5. The fourth-order valence-corrected chi connectivity index (χ4v) is 1.93. The maximum absolute atomic E-state index is 10.2. The molecule has 2 rings (SSSR count). The number of H-pyrrole nitrogens is 1. The van der Waals surface area contributed by atoms with E-state index < -0.39 is 36.8 Å². The van der Waals surface area contributed by atoms with Crippen molar-refractivity contribution in [1.82, 2.24) is 4.98 Å². The van der Waals surface area contributed by atoms with Crippen LogP contribution in [0.25, 0.3) is 0 Å². The van der Waals surface area contributed by atoms with E-state index in [4.69, 9.17) is 9.84 Å². The summed E-state index contributed by atoms with van der Waals surface area (Å²) in [6.07, 6.45) is -4.48. The molecule has 0 amide bonds. The highest BCUT2D eigenvalue weighted by molar-refractivity contribution is 5.15. The lowest BCUT2D eigenvalue weighted by atomic mass is 9.91. The third kappa shape index (κ3) is 1.86. The van der Waals surface area contributed by atoms with Gasteiger partial charge in [0.1, 0.15) is 24.4 Å². The minimum Gasteiger partial charge on any atom is -0.394 e. The summed E-state index contributed by atoms with van der Waals surface area (Å²) in [6, 6.07) is 3.04. The van der Waals surface area contributed by atoms with Crippen molar-refractivity contribution in [3.63, 3.8) is 0 Å². The van der Waals surface area contributed by atoms with Crippen molar-refractivity contribution in [2.75, 3.05) is 6.61 Å². The number of nitrogens with one attached hydrogen (secondary N) is 1. The third-order valence-corrected chi connectivity index (χ3v) is 2.95. The first-order valence-electron chi connectivity index (χ1n) is 5.20. The van der Waals surface area contributed by atoms with Gasteiger partial charge in [0.2, 0.25) is 5.79 Å². The molecule has 2 heterocycles. The Labute approximate surface area is 96.9 Å². The van der Waals surface area contributed by atoms with Crippen LogP contribution < -0.4 is 0 Å². The Morgan fingerprint density at radius 1 is 1.29 bits per heavy atom. The molecule has 0 saturated carbocycles. The zero-order valence-corrected chi connectivity index (χ0v) is 8.89. The molecule has 1 fully saturated rings. The standard InChI is InChI=1S/C10H15NO6/c12-4-5-7(13)8(14)9(15)10(16,17-5)6-2-1-3-11-6/h1-3,5,7-9,11-16H,4H2. The summed E-state index contributed by atoms with van der Waals surface area (Å²) in [5.74, 6) is -2.18. The molecule has 7 nitrogen and oxygen atoms in total. The van der Waals surface area contributed by atoms with Gasteiger partial charge in [-0.05, 0) is 12.1 Å². The highest BCUT2D eigenvalue weighted by Crippen LogP contribution is 2.35. The van der Waals surface area contributed by atoms with Gasteiger partial charge in [0.05, 0.1) is 12.3 Å². The van der Waals surface area contributed by atoms with Gasteiger partial charge in [-0.2, -0.15) is 0 Å². The predicted octanol–water partition coefficient (Wildman–Crippen LogP) is -2.37. The van der Waals surface area contributed by atoms with Crippen molar-refractivity contribution in [2.45, 2.75) is 30.2 Å². The molecule has 96 valence electrons. The van der Waals surface area contributed by atoms with E-state index >= 15 is 0 Å². The van der Waals surface area contributed by atoms with Gasteiger partial charge in [-0.15, -0.1) is 0 Å². The highest BCUT2D eigenvalue weighted by atomic mass is 16.7. The van der Waals surface area contributed by atoms with E-state index in [9.17, 15) is 20.4 Å². The molecule has 1 aromatic heterocycles. The van der Waals surface area contributed by atoms with Crippen molar-refractivity contribution < 1.29 is 30.3 Å². The van der Waals surface area contributed by atoms with E-state index in [0.29, 0.717) is 0 Å². The van der Waals surface area contributed by atoms with Crippen LogP contribution in [0.5, 0.6) is 0 Å². The van der Waals surface area contributed by atoms with Crippen LogP contribution in [0.1, 0.15) is 5.69 Å². The third-order valence-electron chi connectivity index (χ3n) is 2.95. The van der Waals surface area contributed by atoms with E-state index in [0.717, 1.165) is 0 Å². The Morgan fingerprint density at radius 3 is 2.53 bits per heavy atom. The lowest BCUT2D eigenvalue weighted by Gasteiger charge is -2.44. The molecule has 0 spiro atoms. The topological polar surface area (TPSA) is 126 Å². The van der Waals surface area contributed by atoms with Gasteiger partial charge in [-0.25, -0.2) is 0 Å². The zero-order chi connectivity index (χ0) is 12.6. The minimum absolute atomic E-state index is 0.134. The molecule has 0 bridgehead atoms. The summed E-state index contributed by atoms with van der Waals surface area (Å²) in [4.78, 5) is 2.65. The minimum atomic E-state index is -2.18. The Hall–Kier alpha value is -0.960. The van der Waals surface area contributed by atoms with Gasteiger partial charge in [-0.3, -0.25) is 0 Å². The van der Waals surface area contributed by atoms with Crippen molar-refractivity contribution in [3.05, 3.63) is 24.0 Å². The summed E-state index contributed by atoms with van der Waals surface area (Å²) in [7, 11) is 0. The SMILES string of the molecule is OCC1OC(O)(c2ccc[nH]2)C(O)C(O)C1O. The molecule has 1 aromatic rings. The molecule has 5 atom stereocenters. The molecule has 1 saturated heterocycles. The van der Waals surface area contributed by atoms with Crippen LogP contribution >= 0.6 is 0 Å². The van der Waals surface area contributed by atoms with Crippen LogP contribution in [0, 0.1) is 0 Å². The number of rotatable bonds is 2. The second kappa shape index (κ2) is 4.37. The molecule has 7 heteroatoms. The summed E-state index contributed by atoms with van der Waals surface area (Å²) < 4.78 is 5.08. The van der Waals surface area contributed by atoms with E-state index in [-0.39, 0.29) is 5.69 Å². The van der Waals surface area contributed by atoms with Crippen molar-refractivity contribution in [3.8, 4) is 0 Å². The van der Waals surface area contributed by atoms with Crippen molar-refractivity contribution in [1.29, 1.82) is 0 Å². The van der Waals surface area contributed by atoms with Gasteiger partial charge in [0.25, 0.3) is 0 Å². The first kappa shape index (κ1) is 12.5. The maximum Gasteiger partial charge on any atom is 0.237 e. The maximum atomic E-state index is 10.2.